The molecule has 0 saturated heterocycles. The van der Waals surface area contributed by atoms with E-state index < -0.39 is 64.0 Å². The van der Waals surface area contributed by atoms with E-state index >= 15 is 0 Å². The molecule has 0 aliphatic carbocycles. The molecule has 19 nitrogen and oxygen atoms in total. The minimum atomic E-state index is -4.04. The molecule has 0 aliphatic rings. The Hall–Kier alpha value is -4.32. The van der Waals surface area contributed by atoms with Gasteiger partial charge in [0.1, 0.15) is 18.2 Å². The van der Waals surface area contributed by atoms with Crippen molar-refractivity contribution in [1.29, 1.82) is 0 Å². The molecule has 20 heteroatoms. The zero-order valence-electron chi connectivity index (χ0n) is 23.1. The summed E-state index contributed by atoms with van der Waals surface area (Å²) in [5.74, 6) is -2.28. The Bertz CT molecular complexity index is 1250. The second-order valence-corrected chi connectivity index (χ2v) is 9.93. The summed E-state index contributed by atoms with van der Waals surface area (Å²) in [5.41, 5.74) is 6.72. The number of nitrogens with zero attached hydrogens (tertiary/aromatic N) is 4. The summed E-state index contributed by atoms with van der Waals surface area (Å²) < 4.78 is 49.2. The van der Waals surface area contributed by atoms with Gasteiger partial charge in [0.15, 0.2) is 11.5 Å². The Balaban J connectivity index is 0.000000962. The average molecular weight is 621 g/mol. The number of aliphatic carboxylic acids is 2. The molecular weight excluding hydrogens is 589 g/mol. The third kappa shape index (κ3) is 14.4. The molecule has 0 fully saturated rings. The normalized spacial score (nSPS) is 13.1. The monoisotopic (exact) mass is 621 g/mol. The lowest BCUT2D eigenvalue weighted by Gasteiger charge is -2.21. The van der Waals surface area contributed by atoms with Crippen molar-refractivity contribution in [2.45, 2.75) is 46.4 Å². The van der Waals surface area contributed by atoms with Crippen LogP contribution in [0, 0.1) is 0 Å². The molecule has 42 heavy (non-hydrogen) atoms. The number of anilines is 1. The van der Waals surface area contributed by atoms with E-state index in [1.807, 2.05) is 0 Å². The van der Waals surface area contributed by atoms with Crippen molar-refractivity contribution in [3.63, 3.8) is 0 Å². The first-order valence-electron chi connectivity index (χ1n) is 11.9. The molecule has 2 heterocycles. The fraction of sp³-hybridized carbons (Fsp3) is 0.500. The van der Waals surface area contributed by atoms with Crippen LogP contribution in [-0.2, 0) is 53.4 Å². The number of carboxylic acid groups (broad SMARTS) is 2. The number of hydrogen-bond acceptors (Lipinski definition) is 16. The summed E-state index contributed by atoms with van der Waals surface area (Å²) in [7, 11) is -4.04. The lowest BCUT2D eigenvalue weighted by molar-refractivity contribution is -0.134. The van der Waals surface area contributed by atoms with Crippen LogP contribution in [0.15, 0.2) is 24.8 Å². The number of nitrogens with two attached hydrogens (primary N) is 1. The maximum Gasteiger partial charge on any atom is 0.510 e. The van der Waals surface area contributed by atoms with E-state index in [9.17, 15) is 23.7 Å². The van der Waals surface area contributed by atoms with Gasteiger partial charge in [0.05, 0.1) is 31.7 Å². The summed E-state index contributed by atoms with van der Waals surface area (Å²) in [5, 5.41) is 15.6. The second-order valence-electron chi connectivity index (χ2n) is 7.94. The zero-order valence-corrected chi connectivity index (χ0v) is 24.0. The molecule has 234 valence electrons. The number of imidazole rings is 1. The predicted molar refractivity (Wildman–Crippen MR) is 140 cm³/mol. The van der Waals surface area contributed by atoms with Crippen LogP contribution >= 0.6 is 7.60 Å². The van der Waals surface area contributed by atoms with Gasteiger partial charge in [-0.3, -0.25) is 13.6 Å². The third-order valence-corrected chi connectivity index (χ3v) is 5.68. The van der Waals surface area contributed by atoms with Gasteiger partial charge < -0.3 is 44.2 Å². The average Bonchev–Trinajstić information content (AvgIpc) is 3.30. The summed E-state index contributed by atoms with van der Waals surface area (Å²) in [4.78, 5) is 54.1. The second kappa shape index (κ2) is 18.2. The highest BCUT2D eigenvalue weighted by Gasteiger charge is 2.28. The molecule has 0 bridgehead atoms. The van der Waals surface area contributed by atoms with Gasteiger partial charge >= 0.3 is 31.8 Å². The van der Waals surface area contributed by atoms with Crippen molar-refractivity contribution >= 4 is 48.8 Å². The van der Waals surface area contributed by atoms with E-state index in [4.69, 9.17) is 39.2 Å². The highest BCUT2D eigenvalue weighted by Crippen LogP contribution is 2.48. The molecule has 1 unspecified atom stereocenters. The van der Waals surface area contributed by atoms with Crippen molar-refractivity contribution in [1.82, 2.24) is 19.5 Å². The lowest BCUT2D eigenvalue weighted by atomic mass is 10.4. The summed E-state index contributed by atoms with van der Waals surface area (Å²) >= 11 is 0. The van der Waals surface area contributed by atoms with E-state index in [2.05, 4.69) is 24.4 Å². The van der Waals surface area contributed by atoms with E-state index in [-0.39, 0.29) is 19.0 Å². The number of ether oxygens (including phenoxy) is 5. The molecule has 0 amide bonds. The van der Waals surface area contributed by atoms with E-state index in [1.165, 1.54) is 12.7 Å². The number of carbonyl (C=O) groups is 4. The van der Waals surface area contributed by atoms with Crippen LogP contribution in [0.1, 0.15) is 27.7 Å². The maximum atomic E-state index is 13.0. The van der Waals surface area contributed by atoms with Crippen molar-refractivity contribution in [2.24, 2.45) is 0 Å². The molecule has 2 rings (SSSR count). The number of carbonyl (C=O) groups excluding carboxylic acids is 2. The minimum absolute atomic E-state index is 0.0823. The summed E-state index contributed by atoms with van der Waals surface area (Å²) in [6, 6.07) is 0. The van der Waals surface area contributed by atoms with Crippen LogP contribution < -0.4 is 5.73 Å². The molecule has 0 aliphatic heterocycles. The molecule has 2 aromatic heterocycles. The van der Waals surface area contributed by atoms with Crippen LogP contribution in [0.3, 0.4) is 0 Å². The lowest BCUT2D eigenvalue weighted by Crippen LogP contribution is -2.20. The van der Waals surface area contributed by atoms with Crippen LogP contribution in [0.5, 0.6) is 0 Å². The Morgan fingerprint density at radius 2 is 1.57 bits per heavy atom. The summed E-state index contributed by atoms with van der Waals surface area (Å²) in [6.07, 6.45) is 0.413. The van der Waals surface area contributed by atoms with Crippen LogP contribution in [0.4, 0.5) is 15.4 Å². The number of hydrogen-bond donors (Lipinski definition) is 3. The van der Waals surface area contributed by atoms with E-state index in [0.717, 1.165) is 0 Å². The fourth-order valence-electron chi connectivity index (χ4n) is 2.53. The Morgan fingerprint density at radius 3 is 2.12 bits per heavy atom. The number of carboxylic acids is 2. The standard InChI is InChI=1S/C18H28N5O10P.C4H4O4/c1-5-27-17(24)28-9-31-34(26,32-10-29-18(25)33-12(2)3)11-30-13(4)6-23-8-22-14-15(19)20-7-21-16(14)23;5-3(6)1-2-4(7)8/h7-8,12-13H,5-6,9-11H2,1-4H3,(H2,19,20,21);1-2H,(H,5,6)(H,7,8)/t13-,34?;/m1./s1. The van der Waals surface area contributed by atoms with Crippen LogP contribution in [-0.4, -0.2) is 92.7 Å². The smallest absolute Gasteiger partial charge is 0.478 e. The topological polar surface area (TPSA) is 260 Å². The quantitative estimate of drug-likeness (QED) is 0.111. The highest BCUT2D eigenvalue weighted by molar-refractivity contribution is 7.53. The first-order chi connectivity index (χ1) is 19.8. The van der Waals surface area contributed by atoms with Gasteiger partial charge in [-0.2, -0.15) is 0 Å². The number of fused-ring (bicyclic) bond motifs is 1. The molecule has 2 atom stereocenters. The fourth-order valence-corrected chi connectivity index (χ4v) is 3.62. The van der Waals surface area contributed by atoms with Gasteiger partial charge in [0.25, 0.3) is 0 Å². The molecule has 2 aromatic rings. The van der Waals surface area contributed by atoms with Crippen molar-refractivity contribution in [3.8, 4) is 0 Å². The molecule has 4 N–H and O–H groups in total. The van der Waals surface area contributed by atoms with Gasteiger partial charge in [-0.25, -0.2) is 34.1 Å². The van der Waals surface area contributed by atoms with Crippen LogP contribution in [0.2, 0.25) is 0 Å². The Kier molecular flexibility index (Phi) is 15.5. The van der Waals surface area contributed by atoms with Crippen molar-refractivity contribution < 1.29 is 66.7 Å². The largest absolute Gasteiger partial charge is 0.510 e. The molecule has 0 saturated carbocycles. The molecule has 0 spiro atoms. The Morgan fingerprint density at radius 1 is 0.976 bits per heavy atom. The SMILES string of the molecule is CCOC(=O)OCOP(=O)(CO[C@H](C)Cn1cnc2c(N)ncnc21)OCOC(=O)OC(C)C.O=C(O)C=CC(=O)O. The highest BCUT2D eigenvalue weighted by atomic mass is 31.2. The molecule has 0 radical (unpaired) electrons. The van der Waals surface area contributed by atoms with E-state index in [0.29, 0.717) is 23.3 Å². The van der Waals surface area contributed by atoms with Gasteiger partial charge in [0.2, 0.25) is 13.6 Å². The first-order valence-corrected chi connectivity index (χ1v) is 13.7. The van der Waals surface area contributed by atoms with Gasteiger partial charge in [-0.15, -0.1) is 0 Å². The van der Waals surface area contributed by atoms with Crippen molar-refractivity contribution in [3.05, 3.63) is 24.8 Å². The number of nitrogen functional groups attached to an aromatic ring is 1. The number of aromatic nitrogens is 4. The third-order valence-electron chi connectivity index (χ3n) is 4.22. The first kappa shape index (κ1) is 35.7. The van der Waals surface area contributed by atoms with Gasteiger partial charge in [0, 0.05) is 12.2 Å². The van der Waals surface area contributed by atoms with Gasteiger partial charge in [-0.1, -0.05) is 0 Å². The number of rotatable bonds is 15. The van der Waals surface area contributed by atoms with Crippen LogP contribution in [0.25, 0.3) is 11.2 Å². The summed E-state index contributed by atoms with van der Waals surface area (Å²) in [6.45, 7) is 5.40. The molecular formula is C22H32N5O14P. The van der Waals surface area contributed by atoms with Crippen molar-refractivity contribution in [2.75, 3.05) is 32.3 Å². The molecule has 0 aromatic carbocycles. The predicted octanol–water partition coefficient (Wildman–Crippen LogP) is 2.36. The maximum absolute atomic E-state index is 13.0. The van der Waals surface area contributed by atoms with E-state index in [1.54, 1.807) is 32.3 Å². The zero-order chi connectivity index (χ0) is 31.7. The Labute approximate surface area is 239 Å². The minimum Gasteiger partial charge on any atom is -0.478 e. The van der Waals surface area contributed by atoms with Gasteiger partial charge in [-0.05, 0) is 27.7 Å².